The van der Waals surface area contributed by atoms with E-state index in [-0.39, 0.29) is 29.2 Å². The summed E-state index contributed by atoms with van der Waals surface area (Å²) in [6, 6.07) is 6.32. The number of ether oxygens (including phenoxy) is 3. The summed E-state index contributed by atoms with van der Waals surface area (Å²) >= 11 is 1.13. The topological polar surface area (TPSA) is 134 Å². The van der Waals surface area contributed by atoms with Gasteiger partial charge in [-0.25, -0.2) is 0 Å². The highest BCUT2D eigenvalue weighted by Gasteiger charge is 2.22. The van der Waals surface area contributed by atoms with Gasteiger partial charge in [0.05, 0.1) is 12.0 Å². The average Bonchev–Trinajstić information content (AvgIpc) is 3.20. The summed E-state index contributed by atoms with van der Waals surface area (Å²) in [4.78, 5) is 47.9. The molecule has 0 bridgehead atoms. The van der Waals surface area contributed by atoms with Crippen molar-refractivity contribution in [1.82, 2.24) is 0 Å². The number of Topliss-reactive ketones (excluding diaryl/α,β-unsaturated/α-hetero) is 1. The molecule has 0 unspecified atom stereocenters. The lowest BCUT2D eigenvalue weighted by molar-refractivity contribution is -0.153. The molecular formula is C20H20N2O7S. The molecule has 0 fully saturated rings. The molecule has 0 saturated heterocycles. The lowest BCUT2D eigenvalue weighted by atomic mass is 10.1. The number of carbonyl (C=O) groups excluding carboxylic acids is 4. The van der Waals surface area contributed by atoms with Crippen molar-refractivity contribution in [2.24, 2.45) is 5.73 Å². The third kappa shape index (κ3) is 5.15. The number of ketones is 1. The van der Waals surface area contributed by atoms with Crippen LogP contribution in [-0.4, -0.2) is 42.9 Å². The number of fused-ring (bicyclic) bond motifs is 1. The zero-order valence-corrected chi connectivity index (χ0v) is 17.0. The minimum atomic E-state index is -1.11. The second kappa shape index (κ2) is 9.40. The highest BCUT2D eigenvalue weighted by Crippen LogP contribution is 2.31. The van der Waals surface area contributed by atoms with Crippen LogP contribution in [0.5, 0.6) is 11.5 Å². The third-order valence-corrected chi connectivity index (χ3v) is 5.10. The Labute approximate surface area is 176 Å². The summed E-state index contributed by atoms with van der Waals surface area (Å²) < 4.78 is 15.9. The Hall–Kier alpha value is -3.40. The van der Waals surface area contributed by atoms with Crippen LogP contribution >= 0.6 is 11.3 Å². The standard InChI is InChI=1S/C20H20N2O7S/c1-11(19(26)22-20-13(18(21)25)6-9-30-20)29-17(24)5-3-14(23)12-2-4-15-16(10-12)28-8-7-27-15/h2,4,6,9-11H,3,5,7-8H2,1H3,(H2,21,25)(H,22,26)/t11-/m0/s1. The maximum absolute atomic E-state index is 12.3. The zero-order valence-electron chi connectivity index (χ0n) is 16.1. The minimum Gasteiger partial charge on any atom is -0.486 e. The lowest BCUT2D eigenvalue weighted by Gasteiger charge is -2.18. The van der Waals surface area contributed by atoms with E-state index in [0.717, 1.165) is 11.3 Å². The van der Waals surface area contributed by atoms with Gasteiger partial charge in [-0.1, -0.05) is 0 Å². The molecule has 2 heterocycles. The molecule has 9 nitrogen and oxygen atoms in total. The first-order valence-electron chi connectivity index (χ1n) is 9.15. The lowest BCUT2D eigenvalue weighted by Crippen LogP contribution is -2.30. The molecular weight excluding hydrogens is 412 g/mol. The van der Waals surface area contributed by atoms with Gasteiger partial charge in [-0.15, -0.1) is 11.3 Å². The van der Waals surface area contributed by atoms with Crippen molar-refractivity contribution in [3.8, 4) is 11.5 Å². The maximum Gasteiger partial charge on any atom is 0.307 e. The van der Waals surface area contributed by atoms with E-state index in [0.29, 0.717) is 30.3 Å². The Kier molecular flexibility index (Phi) is 6.68. The van der Waals surface area contributed by atoms with E-state index in [1.54, 1.807) is 23.6 Å². The van der Waals surface area contributed by atoms with Crippen molar-refractivity contribution < 1.29 is 33.4 Å². The summed E-state index contributed by atoms with van der Waals surface area (Å²) in [5, 5.41) is 4.39. The summed E-state index contributed by atoms with van der Waals surface area (Å²) in [6.07, 6.45) is -1.37. The molecule has 0 saturated carbocycles. The van der Waals surface area contributed by atoms with Gasteiger partial charge in [0, 0.05) is 12.0 Å². The van der Waals surface area contributed by atoms with Crippen LogP contribution in [0.25, 0.3) is 0 Å². The smallest absolute Gasteiger partial charge is 0.307 e. The predicted molar refractivity (Wildman–Crippen MR) is 108 cm³/mol. The van der Waals surface area contributed by atoms with Crippen molar-refractivity contribution in [3.63, 3.8) is 0 Å². The number of anilines is 1. The third-order valence-electron chi connectivity index (χ3n) is 4.27. The van der Waals surface area contributed by atoms with Crippen LogP contribution < -0.4 is 20.5 Å². The molecule has 1 aliphatic heterocycles. The molecule has 2 aromatic rings. The van der Waals surface area contributed by atoms with E-state index in [1.165, 1.54) is 13.0 Å². The Morgan fingerprint density at radius 3 is 2.60 bits per heavy atom. The van der Waals surface area contributed by atoms with Crippen molar-refractivity contribution in [3.05, 3.63) is 40.8 Å². The molecule has 0 aliphatic carbocycles. The zero-order chi connectivity index (χ0) is 21.7. The van der Waals surface area contributed by atoms with E-state index in [1.807, 2.05) is 0 Å². The van der Waals surface area contributed by atoms with Gasteiger partial charge in [0.1, 0.15) is 18.2 Å². The maximum atomic E-state index is 12.3. The highest BCUT2D eigenvalue weighted by molar-refractivity contribution is 7.14. The molecule has 3 N–H and O–H groups in total. The summed E-state index contributed by atoms with van der Waals surface area (Å²) in [5.74, 6) is -1.16. The normalized spacial score (nSPS) is 13.2. The van der Waals surface area contributed by atoms with E-state index < -0.39 is 23.9 Å². The number of benzene rings is 1. The Bertz CT molecular complexity index is 985. The van der Waals surface area contributed by atoms with E-state index >= 15 is 0 Å². The minimum absolute atomic E-state index is 0.0798. The SMILES string of the molecule is C[C@H](OC(=O)CCC(=O)c1ccc2c(c1)OCCO2)C(=O)Nc1sccc1C(N)=O. The highest BCUT2D eigenvalue weighted by atomic mass is 32.1. The molecule has 1 aromatic heterocycles. The van der Waals surface area contributed by atoms with Crippen LogP contribution in [0.1, 0.15) is 40.5 Å². The number of amides is 2. The number of rotatable bonds is 8. The number of carbonyl (C=O) groups is 4. The number of primary amides is 1. The second-order valence-electron chi connectivity index (χ2n) is 6.43. The van der Waals surface area contributed by atoms with Gasteiger partial charge in [0.2, 0.25) is 0 Å². The Balaban J connectivity index is 1.49. The van der Waals surface area contributed by atoms with Gasteiger partial charge in [0.25, 0.3) is 11.8 Å². The van der Waals surface area contributed by atoms with Gasteiger partial charge in [-0.3, -0.25) is 19.2 Å². The number of hydrogen-bond acceptors (Lipinski definition) is 8. The Morgan fingerprint density at radius 1 is 1.13 bits per heavy atom. The molecule has 3 rings (SSSR count). The van der Waals surface area contributed by atoms with E-state index in [4.69, 9.17) is 19.9 Å². The molecule has 10 heteroatoms. The van der Waals surface area contributed by atoms with Crippen molar-refractivity contribution in [2.45, 2.75) is 25.9 Å². The fourth-order valence-electron chi connectivity index (χ4n) is 2.70. The average molecular weight is 432 g/mol. The fourth-order valence-corrected chi connectivity index (χ4v) is 3.50. The number of hydrogen-bond donors (Lipinski definition) is 2. The van der Waals surface area contributed by atoms with Gasteiger partial charge in [-0.2, -0.15) is 0 Å². The first kappa shape index (κ1) is 21.3. The number of nitrogens with two attached hydrogens (primary N) is 1. The predicted octanol–water partition coefficient (Wildman–Crippen LogP) is 2.15. The molecule has 158 valence electrons. The van der Waals surface area contributed by atoms with Gasteiger partial charge in [0.15, 0.2) is 23.4 Å². The van der Waals surface area contributed by atoms with E-state index in [2.05, 4.69) is 5.32 Å². The summed E-state index contributed by atoms with van der Waals surface area (Å²) in [5.41, 5.74) is 5.80. The van der Waals surface area contributed by atoms with Crippen LogP contribution in [-0.2, 0) is 14.3 Å². The number of esters is 1. The van der Waals surface area contributed by atoms with Gasteiger partial charge < -0.3 is 25.3 Å². The van der Waals surface area contributed by atoms with Crippen LogP contribution in [0.2, 0.25) is 0 Å². The largest absolute Gasteiger partial charge is 0.486 e. The number of thiophene rings is 1. The van der Waals surface area contributed by atoms with Crippen LogP contribution in [0.15, 0.2) is 29.6 Å². The van der Waals surface area contributed by atoms with Crippen LogP contribution in [0.3, 0.4) is 0 Å². The van der Waals surface area contributed by atoms with Gasteiger partial charge >= 0.3 is 5.97 Å². The number of nitrogens with one attached hydrogen (secondary N) is 1. The van der Waals surface area contributed by atoms with Crippen molar-refractivity contribution in [1.29, 1.82) is 0 Å². The first-order valence-corrected chi connectivity index (χ1v) is 10.0. The quantitative estimate of drug-likeness (QED) is 0.482. The second-order valence-corrected chi connectivity index (χ2v) is 7.35. The van der Waals surface area contributed by atoms with Crippen molar-refractivity contribution >= 4 is 39.9 Å². The summed E-state index contributed by atoms with van der Waals surface area (Å²) in [6.45, 7) is 2.25. The molecule has 0 radical (unpaired) electrons. The molecule has 30 heavy (non-hydrogen) atoms. The molecule has 0 spiro atoms. The summed E-state index contributed by atoms with van der Waals surface area (Å²) in [7, 11) is 0. The molecule has 1 atom stereocenters. The monoisotopic (exact) mass is 432 g/mol. The van der Waals surface area contributed by atoms with Crippen LogP contribution in [0.4, 0.5) is 5.00 Å². The first-order chi connectivity index (χ1) is 14.3. The van der Waals surface area contributed by atoms with E-state index in [9.17, 15) is 19.2 Å². The van der Waals surface area contributed by atoms with Crippen molar-refractivity contribution in [2.75, 3.05) is 18.5 Å². The molecule has 1 aliphatic rings. The van der Waals surface area contributed by atoms with Crippen LogP contribution in [0, 0.1) is 0 Å². The fraction of sp³-hybridized carbons (Fsp3) is 0.300. The Morgan fingerprint density at radius 2 is 1.87 bits per heavy atom. The molecule has 2 amide bonds. The van der Waals surface area contributed by atoms with Gasteiger partial charge in [-0.05, 0) is 36.6 Å². The molecule has 1 aromatic carbocycles.